The van der Waals surface area contributed by atoms with Gasteiger partial charge in [0.1, 0.15) is 12.4 Å². The van der Waals surface area contributed by atoms with Crippen LogP contribution in [0.2, 0.25) is 0 Å². The number of hydrogen-bond acceptors (Lipinski definition) is 4. The van der Waals surface area contributed by atoms with Crippen LogP contribution < -0.4 is 4.74 Å². The molecule has 0 unspecified atom stereocenters. The number of ether oxygens (including phenoxy) is 2. The molecule has 0 atom stereocenters. The highest BCUT2D eigenvalue weighted by molar-refractivity contribution is 6.12. The van der Waals surface area contributed by atoms with E-state index in [0.29, 0.717) is 18.3 Å². The predicted octanol–water partition coefficient (Wildman–Crippen LogP) is 3.60. The minimum Gasteiger partial charge on any atom is -0.490 e. The molecule has 0 saturated heterocycles. The van der Waals surface area contributed by atoms with Crippen molar-refractivity contribution in [1.82, 2.24) is 0 Å². The Bertz CT molecular complexity index is 791. The van der Waals surface area contributed by atoms with Crippen LogP contribution in [0.1, 0.15) is 11.1 Å². The summed E-state index contributed by atoms with van der Waals surface area (Å²) < 4.78 is 10.7. The summed E-state index contributed by atoms with van der Waals surface area (Å²) >= 11 is 0. The molecule has 1 aliphatic rings. The molecule has 0 N–H and O–H groups in total. The van der Waals surface area contributed by atoms with Gasteiger partial charge in [-0.15, -0.1) is 0 Å². The van der Waals surface area contributed by atoms with E-state index in [4.69, 9.17) is 9.47 Å². The van der Waals surface area contributed by atoms with Crippen molar-refractivity contribution in [3.8, 4) is 5.75 Å². The zero-order chi connectivity index (χ0) is 16.1. The molecule has 3 rings (SSSR count). The van der Waals surface area contributed by atoms with Crippen LogP contribution >= 0.6 is 0 Å². The Morgan fingerprint density at radius 2 is 1.96 bits per heavy atom. The van der Waals surface area contributed by atoms with Crippen LogP contribution in [0, 0.1) is 0 Å². The molecule has 0 fully saturated rings. The number of carbonyl (C=O) groups is 1. The second kappa shape index (κ2) is 6.75. The first-order valence-corrected chi connectivity index (χ1v) is 7.18. The molecule has 0 aromatic heterocycles. The standard InChI is InChI=1S/C19H15NO3/c1-2-11-22-16-10-6-7-14(12-16)13-17-19(21)23-18(20-17)15-8-4-3-5-9-15/h2-10,12-13H,1,11H2. The fourth-order valence-electron chi connectivity index (χ4n) is 2.12. The summed E-state index contributed by atoms with van der Waals surface area (Å²) in [4.78, 5) is 16.2. The predicted molar refractivity (Wildman–Crippen MR) is 89.2 cm³/mol. The highest BCUT2D eigenvalue weighted by atomic mass is 16.6. The normalized spacial score (nSPS) is 15.2. The van der Waals surface area contributed by atoms with Crippen molar-refractivity contribution < 1.29 is 14.3 Å². The van der Waals surface area contributed by atoms with E-state index in [1.807, 2.05) is 54.6 Å². The SMILES string of the molecule is C=CCOc1cccc(C=C2N=C(c3ccccc3)OC2=O)c1. The van der Waals surface area contributed by atoms with E-state index in [1.54, 1.807) is 12.2 Å². The zero-order valence-electron chi connectivity index (χ0n) is 12.4. The third-order valence-electron chi connectivity index (χ3n) is 3.17. The van der Waals surface area contributed by atoms with Crippen molar-refractivity contribution >= 4 is 17.9 Å². The largest absolute Gasteiger partial charge is 0.490 e. The van der Waals surface area contributed by atoms with Gasteiger partial charge in [-0.3, -0.25) is 0 Å². The van der Waals surface area contributed by atoms with Gasteiger partial charge < -0.3 is 9.47 Å². The number of hydrogen-bond donors (Lipinski definition) is 0. The molecule has 0 spiro atoms. The van der Waals surface area contributed by atoms with Gasteiger partial charge >= 0.3 is 5.97 Å². The van der Waals surface area contributed by atoms with Gasteiger partial charge in [-0.1, -0.05) is 43.0 Å². The molecule has 1 heterocycles. The fraction of sp³-hybridized carbons (Fsp3) is 0.0526. The van der Waals surface area contributed by atoms with Crippen LogP contribution in [-0.4, -0.2) is 18.5 Å². The Kier molecular flexibility index (Phi) is 4.34. The van der Waals surface area contributed by atoms with Crippen LogP contribution in [0.15, 0.2) is 77.9 Å². The number of cyclic esters (lactones) is 1. The van der Waals surface area contributed by atoms with Gasteiger partial charge in [0.05, 0.1) is 0 Å². The summed E-state index contributed by atoms with van der Waals surface area (Å²) in [6.45, 7) is 4.04. The average Bonchev–Trinajstić information content (AvgIpc) is 2.95. The summed E-state index contributed by atoms with van der Waals surface area (Å²) in [5, 5.41) is 0. The number of benzene rings is 2. The van der Waals surface area contributed by atoms with Gasteiger partial charge in [0, 0.05) is 5.56 Å². The maximum Gasteiger partial charge on any atom is 0.363 e. The van der Waals surface area contributed by atoms with E-state index in [0.717, 1.165) is 11.1 Å². The molecule has 0 radical (unpaired) electrons. The van der Waals surface area contributed by atoms with Crippen LogP contribution in [0.25, 0.3) is 6.08 Å². The minimum absolute atomic E-state index is 0.268. The first-order chi connectivity index (χ1) is 11.3. The monoisotopic (exact) mass is 305 g/mol. The second-order valence-corrected chi connectivity index (χ2v) is 4.87. The quantitative estimate of drug-likeness (QED) is 0.482. The van der Waals surface area contributed by atoms with Gasteiger partial charge in [0.15, 0.2) is 5.70 Å². The smallest absolute Gasteiger partial charge is 0.363 e. The zero-order valence-corrected chi connectivity index (χ0v) is 12.4. The van der Waals surface area contributed by atoms with E-state index < -0.39 is 5.97 Å². The molecule has 1 aliphatic heterocycles. The molecule has 0 saturated carbocycles. The third-order valence-corrected chi connectivity index (χ3v) is 3.17. The summed E-state index contributed by atoms with van der Waals surface area (Å²) in [5.41, 5.74) is 1.86. The lowest BCUT2D eigenvalue weighted by molar-refractivity contribution is -0.129. The Hall–Kier alpha value is -3.14. The van der Waals surface area contributed by atoms with Gasteiger partial charge in [0.2, 0.25) is 5.90 Å². The molecule has 114 valence electrons. The summed E-state index contributed by atoms with van der Waals surface area (Å²) in [6.07, 6.45) is 3.36. The van der Waals surface area contributed by atoms with Crippen molar-refractivity contribution in [2.24, 2.45) is 4.99 Å². The Labute approximate surface area is 134 Å². The number of esters is 1. The highest BCUT2D eigenvalue weighted by Crippen LogP contribution is 2.21. The van der Waals surface area contributed by atoms with Crippen LogP contribution in [-0.2, 0) is 9.53 Å². The molecule has 4 heteroatoms. The maximum absolute atomic E-state index is 12.0. The molecular formula is C19H15NO3. The topological polar surface area (TPSA) is 47.9 Å². The first kappa shape index (κ1) is 14.8. The first-order valence-electron chi connectivity index (χ1n) is 7.18. The van der Waals surface area contributed by atoms with Gasteiger partial charge in [0.25, 0.3) is 0 Å². The Morgan fingerprint density at radius 3 is 2.74 bits per heavy atom. The minimum atomic E-state index is -0.457. The molecular weight excluding hydrogens is 290 g/mol. The lowest BCUT2D eigenvalue weighted by Gasteiger charge is -2.03. The molecule has 2 aromatic carbocycles. The molecule has 4 nitrogen and oxygen atoms in total. The van der Waals surface area contributed by atoms with E-state index in [-0.39, 0.29) is 5.70 Å². The van der Waals surface area contributed by atoms with E-state index in [9.17, 15) is 4.79 Å². The van der Waals surface area contributed by atoms with Crippen molar-refractivity contribution in [1.29, 1.82) is 0 Å². The van der Waals surface area contributed by atoms with Crippen molar-refractivity contribution in [2.45, 2.75) is 0 Å². The number of carbonyl (C=O) groups excluding carboxylic acids is 1. The van der Waals surface area contributed by atoms with E-state index >= 15 is 0 Å². The summed E-state index contributed by atoms with van der Waals surface area (Å²) in [6, 6.07) is 16.7. The van der Waals surface area contributed by atoms with Crippen molar-refractivity contribution in [3.63, 3.8) is 0 Å². The summed E-state index contributed by atoms with van der Waals surface area (Å²) in [5.74, 6) is 0.569. The number of rotatable bonds is 5. The molecule has 2 aromatic rings. The van der Waals surface area contributed by atoms with Crippen molar-refractivity contribution in [2.75, 3.05) is 6.61 Å². The lowest BCUT2D eigenvalue weighted by Crippen LogP contribution is -2.04. The Morgan fingerprint density at radius 1 is 1.13 bits per heavy atom. The maximum atomic E-state index is 12.0. The van der Waals surface area contributed by atoms with Gasteiger partial charge in [-0.05, 0) is 35.9 Å². The number of nitrogens with zero attached hydrogens (tertiary/aromatic N) is 1. The van der Waals surface area contributed by atoms with Crippen LogP contribution in [0.3, 0.4) is 0 Å². The highest BCUT2D eigenvalue weighted by Gasteiger charge is 2.23. The fourth-order valence-corrected chi connectivity index (χ4v) is 2.12. The van der Waals surface area contributed by atoms with E-state index in [2.05, 4.69) is 11.6 Å². The van der Waals surface area contributed by atoms with Crippen LogP contribution in [0.5, 0.6) is 5.75 Å². The van der Waals surface area contributed by atoms with E-state index in [1.165, 1.54) is 0 Å². The summed E-state index contributed by atoms with van der Waals surface area (Å²) in [7, 11) is 0. The van der Waals surface area contributed by atoms with Crippen LogP contribution in [0.4, 0.5) is 0 Å². The van der Waals surface area contributed by atoms with Crippen molar-refractivity contribution in [3.05, 3.63) is 84.1 Å². The Balaban J connectivity index is 1.86. The molecule has 23 heavy (non-hydrogen) atoms. The lowest BCUT2D eigenvalue weighted by atomic mass is 10.2. The van der Waals surface area contributed by atoms with Gasteiger partial charge in [-0.2, -0.15) is 0 Å². The number of aliphatic imine (C=N–C) groups is 1. The molecule has 0 amide bonds. The average molecular weight is 305 g/mol. The molecule has 0 aliphatic carbocycles. The third kappa shape index (κ3) is 3.55. The van der Waals surface area contributed by atoms with Gasteiger partial charge in [-0.25, -0.2) is 9.79 Å². The second-order valence-electron chi connectivity index (χ2n) is 4.87. The molecule has 0 bridgehead atoms.